The van der Waals surface area contributed by atoms with Gasteiger partial charge in [0.05, 0.1) is 12.5 Å². The molecule has 0 atom stereocenters. The van der Waals surface area contributed by atoms with E-state index in [9.17, 15) is 0 Å². The Balaban J connectivity index is 4.33. The number of nitrogens with zero attached hydrogens (tertiary/aromatic N) is 1. The first-order valence-corrected chi connectivity index (χ1v) is 3.88. The monoisotopic (exact) mass is 162 g/mol. The molecule has 0 radical (unpaired) electrons. The molecule has 0 saturated heterocycles. The van der Waals surface area contributed by atoms with Crippen LogP contribution in [0.15, 0.2) is 35.6 Å². The second-order valence-electron chi connectivity index (χ2n) is 2.25. The van der Waals surface area contributed by atoms with Crippen molar-refractivity contribution in [3.05, 3.63) is 35.6 Å². The lowest BCUT2D eigenvalue weighted by Crippen LogP contribution is -1.98. The van der Waals surface area contributed by atoms with Gasteiger partial charge in [-0.15, -0.1) is 0 Å². The average Bonchev–Trinajstić information content (AvgIpc) is 2.11. The first-order valence-electron chi connectivity index (χ1n) is 3.88. The number of hydrogen-bond acceptors (Lipinski definition) is 2. The van der Waals surface area contributed by atoms with Crippen LogP contribution in [0.2, 0.25) is 0 Å². The van der Waals surface area contributed by atoms with E-state index in [2.05, 4.69) is 0 Å². The predicted molar refractivity (Wildman–Crippen MR) is 51.1 cm³/mol. The van der Waals surface area contributed by atoms with E-state index < -0.39 is 0 Å². The van der Waals surface area contributed by atoms with Gasteiger partial charge in [0, 0.05) is 5.70 Å². The van der Waals surface area contributed by atoms with Crippen LogP contribution >= 0.6 is 0 Å². The summed E-state index contributed by atoms with van der Waals surface area (Å²) < 4.78 is 0. The molecular weight excluding hydrogens is 148 g/mol. The Hall–Kier alpha value is -1.49. The van der Waals surface area contributed by atoms with Crippen LogP contribution in [-0.4, -0.2) is 0 Å². The van der Waals surface area contributed by atoms with Gasteiger partial charge in [-0.1, -0.05) is 24.3 Å². The van der Waals surface area contributed by atoms with Crippen molar-refractivity contribution in [3.8, 4) is 6.07 Å². The topological polar surface area (TPSA) is 49.8 Å². The SMILES string of the molecule is C/C=C(N)/C(/C=C\CC#N)=C/C. The molecule has 12 heavy (non-hydrogen) atoms. The van der Waals surface area contributed by atoms with Crippen LogP contribution in [0.1, 0.15) is 20.3 Å². The van der Waals surface area contributed by atoms with Crippen LogP contribution in [0.4, 0.5) is 0 Å². The van der Waals surface area contributed by atoms with E-state index in [4.69, 9.17) is 11.0 Å². The lowest BCUT2D eigenvalue weighted by Gasteiger charge is -1.99. The van der Waals surface area contributed by atoms with Gasteiger partial charge in [-0.25, -0.2) is 0 Å². The molecule has 0 aliphatic heterocycles. The molecule has 0 bridgehead atoms. The fourth-order valence-electron chi connectivity index (χ4n) is 0.764. The van der Waals surface area contributed by atoms with Crippen LogP contribution in [-0.2, 0) is 0 Å². The standard InChI is InChI=1S/C10H14N2/c1-3-9(10(12)4-2)7-5-6-8-11/h3-5,7H,6,12H2,1-2H3/b7-5-,9-3+,10-4-. The number of rotatable bonds is 3. The molecule has 2 heteroatoms. The lowest BCUT2D eigenvalue weighted by molar-refractivity contribution is 1.29. The van der Waals surface area contributed by atoms with Gasteiger partial charge < -0.3 is 5.73 Å². The second kappa shape index (κ2) is 6.23. The maximum absolute atomic E-state index is 8.28. The van der Waals surface area contributed by atoms with Crippen molar-refractivity contribution < 1.29 is 0 Å². The number of allylic oxidation sites excluding steroid dienone is 4. The first-order chi connectivity index (χ1) is 5.76. The number of nitriles is 1. The van der Waals surface area contributed by atoms with Gasteiger partial charge in [-0.2, -0.15) is 5.26 Å². The van der Waals surface area contributed by atoms with Crippen LogP contribution in [0.5, 0.6) is 0 Å². The lowest BCUT2D eigenvalue weighted by atomic mass is 10.1. The Kier molecular flexibility index (Phi) is 5.46. The fourth-order valence-corrected chi connectivity index (χ4v) is 0.764. The van der Waals surface area contributed by atoms with Crippen molar-refractivity contribution in [2.24, 2.45) is 5.73 Å². The minimum atomic E-state index is 0.425. The van der Waals surface area contributed by atoms with Gasteiger partial charge >= 0.3 is 0 Å². The molecule has 0 fully saturated rings. The smallest absolute Gasteiger partial charge is 0.0663 e. The summed E-state index contributed by atoms with van der Waals surface area (Å²) in [7, 11) is 0. The zero-order valence-corrected chi connectivity index (χ0v) is 7.54. The van der Waals surface area contributed by atoms with Crippen LogP contribution in [0.3, 0.4) is 0 Å². The van der Waals surface area contributed by atoms with E-state index in [0.29, 0.717) is 6.42 Å². The molecular formula is C10H14N2. The Morgan fingerprint density at radius 3 is 2.50 bits per heavy atom. The first kappa shape index (κ1) is 10.5. The molecule has 0 aromatic heterocycles. The Morgan fingerprint density at radius 2 is 2.08 bits per heavy atom. The largest absolute Gasteiger partial charge is 0.399 e. The molecule has 0 amide bonds. The average molecular weight is 162 g/mol. The zero-order chi connectivity index (χ0) is 9.40. The quantitative estimate of drug-likeness (QED) is 0.647. The fraction of sp³-hybridized carbons (Fsp3) is 0.300. The second-order valence-corrected chi connectivity index (χ2v) is 2.25. The van der Waals surface area contributed by atoms with Crippen LogP contribution in [0, 0.1) is 11.3 Å². The maximum atomic E-state index is 8.28. The van der Waals surface area contributed by atoms with Crippen molar-refractivity contribution in [1.82, 2.24) is 0 Å². The van der Waals surface area contributed by atoms with Crippen molar-refractivity contribution in [2.75, 3.05) is 0 Å². The molecule has 0 aromatic carbocycles. The number of hydrogen-bond donors (Lipinski definition) is 1. The minimum absolute atomic E-state index is 0.425. The van der Waals surface area contributed by atoms with E-state index >= 15 is 0 Å². The number of nitrogens with two attached hydrogens (primary N) is 1. The third-order valence-corrected chi connectivity index (χ3v) is 1.46. The molecule has 2 nitrogen and oxygen atoms in total. The summed E-state index contributed by atoms with van der Waals surface area (Å²) in [5.74, 6) is 0. The molecule has 64 valence electrons. The Morgan fingerprint density at radius 1 is 1.42 bits per heavy atom. The van der Waals surface area contributed by atoms with E-state index in [-0.39, 0.29) is 0 Å². The Labute approximate surface area is 73.7 Å². The Bertz CT molecular complexity index is 252. The third kappa shape index (κ3) is 3.62. The summed E-state index contributed by atoms with van der Waals surface area (Å²) in [6.45, 7) is 3.80. The van der Waals surface area contributed by atoms with Gasteiger partial charge in [-0.3, -0.25) is 0 Å². The van der Waals surface area contributed by atoms with Crippen molar-refractivity contribution in [1.29, 1.82) is 5.26 Å². The summed E-state index contributed by atoms with van der Waals surface area (Å²) in [5.41, 5.74) is 7.38. The normalized spacial score (nSPS) is 13.4. The molecule has 0 saturated carbocycles. The van der Waals surface area contributed by atoms with Gasteiger partial charge in [0.1, 0.15) is 0 Å². The van der Waals surface area contributed by atoms with Crippen LogP contribution in [0.25, 0.3) is 0 Å². The van der Waals surface area contributed by atoms with E-state index in [1.54, 1.807) is 6.08 Å². The van der Waals surface area contributed by atoms with Crippen molar-refractivity contribution >= 4 is 0 Å². The minimum Gasteiger partial charge on any atom is -0.399 e. The molecule has 0 aliphatic carbocycles. The van der Waals surface area contributed by atoms with Crippen molar-refractivity contribution in [3.63, 3.8) is 0 Å². The highest BCUT2D eigenvalue weighted by molar-refractivity contribution is 5.36. The van der Waals surface area contributed by atoms with E-state index in [1.165, 1.54) is 0 Å². The molecule has 2 N–H and O–H groups in total. The highest BCUT2D eigenvalue weighted by atomic mass is 14.6. The molecule has 0 rings (SSSR count). The van der Waals surface area contributed by atoms with Gasteiger partial charge in [0.15, 0.2) is 0 Å². The summed E-state index contributed by atoms with van der Waals surface area (Å²) in [6.07, 6.45) is 7.84. The molecule has 0 spiro atoms. The molecule has 0 heterocycles. The van der Waals surface area contributed by atoms with Gasteiger partial charge in [0.25, 0.3) is 0 Å². The summed E-state index contributed by atoms with van der Waals surface area (Å²) >= 11 is 0. The highest BCUT2D eigenvalue weighted by Crippen LogP contribution is 2.05. The molecule has 0 aromatic rings. The van der Waals surface area contributed by atoms with Gasteiger partial charge in [0.2, 0.25) is 0 Å². The zero-order valence-electron chi connectivity index (χ0n) is 7.54. The summed E-state index contributed by atoms with van der Waals surface area (Å²) in [6, 6.07) is 2.03. The third-order valence-electron chi connectivity index (χ3n) is 1.46. The maximum Gasteiger partial charge on any atom is 0.0663 e. The molecule has 0 unspecified atom stereocenters. The summed E-state index contributed by atoms with van der Waals surface area (Å²) in [5, 5.41) is 8.28. The van der Waals surface area contributed by atoms with Crippen molar-refractivity contribution in [2.45, 2.75) is 20.3 Å². The van der Waals surface area contributed by atoms with Gasteiger partial charge in [-0.05, 0) is 19.4 Å². The van der Waals surface area contributed by atoms with E-state index in [1.807, 2.05) is 38.1 Å². The van der Waals surface area contributed by atoms with E-state index in [0.717, 1.165) is 11.3 Å². The predicted octanol–water partition coefficient (Wildman–Crippen LogP) is 2.27. The highest BCUT2D eigenvalue weighted by Gasteiger charge is 1.91. The molecule has 0 aliphatic rings. The summed E-state index contributed by atoms with van der Waals surface area (Å²) in [4.78, 5) is 0. The van der Waals surface area contributed by atoms with Crippen LogP contribution < -0.4 is 5.73 Å².